The summed E-state index contributed by atoms with van der Waals surface area (Å²) in [7, 11) is 3.51. The molecular formula is C21H19ClN4O2S2. The molecule has 0 radical (unpaired) electrons. The Hall–Kier alpha value is -2.68. The quantitative estimate of drug-likeness (QED) is 0.435. The van der Waals surface area contributed by atoms with Crippen LogP contribution in [0.5, 0.6) is 5.75 Å². The number of nitrogens with one attached hydrogen (secondary N) is 1. The summed E-state index contributed by atoms with van der Waals surface area (Å²) in [5, 5.41) is 5.86. The average Bonchev–Trinajstić information content (AvgIpc) is 3.48. The summed E-state index contributed by atoms with van der Waals surface area (Å²) in [6, 6.07) is 11.0. The minimum absolute atomic E-state index is 0.144. The number of ether oxygens (including phenoxy) is 1. The predicted octanol–water partition coefficient (Wildman–Crippen LogP) is 4.72. The number of methoxy groups -OCH3 is 1. The highest BCUT2D eigenvalue weighted by molar-refractivity contribution is 7.23. The molecule has 1 amide bonds. The van der Waals surface area contributed by atoms with Crippen LogP contribution < -0.4 is 10.1 Å². The number of rotatable bonds is 7. The van der Waals surface area contributed by atoms with Crippen LogP contribution in [0.25, 0.3) is 9.88 Å². The number of carbonyl (C=O) groups is 1. The molecule has 0 aliphatic heterocycles. The number of nitrogens with zero attached hydrogens (tertiary/aromatic N) is 3. The molecule has 154 valence electrons. The molecule has 4 rings (SSSR count). The van der Waals surface area contributed by atoms with Crippen molar-refractivity contribution in [1.82, 2.24) is 19.9 Å². The van der Waals surface area contributed by atoms with Gasteiger partial charge in [0.15, 0.2) is 0 Å². The zero-order chi connectivity index (χ0) is 21.1. The van der Waals surface area contributed by atoms with Gasteiger partial charge in [-0.05, 0) is 18.2 Å². The number of aryl methyl sites for hydroxylation is 1. The van der Waals surface area contributed by atoms with Crippen LogP contribution in [0.3, 0.4) is 0 Å². The van der Waals surface area contributed by atoms with Gasteiger partial charge in [-0.25, -0.2) is 9.97 Å². The zero-order valence-electron chi connectivity index (χ0n) is 16.3. The molecule has 1 N–H and O–H groups in total. The fourth-order valence-electron chi connectivity index (χ4n) is 3.15. The number of hydrogen-bond donors (Lipinski definition) is 1. The van der Waals surface area contributed by atoms with Gasteiger partial charge in [0, 0.05) is 30.4 Å². The summed E-state index contributed by atoms with van der Waals surface area (Å²) < 4.78 is 8.11. The van der Waals surface area contributed by atoms with Crippen molar-refractivity contribution in [2.45, 2.75) is 12.5 Å². The largest absolute Gasteiger partial charge is 0.496 e. The summed E-state index contributed by atoms with van der Waals surface area (Å²) in [5.74, 6) is 1.27. The maximum absolute atomic E-state index is 12.9. The molecule has 0 saturated heterocycles. The fraction of sp³-hybridized carbons (Fsp3) is 0.190. The SMILES string of the molecule is COc1ccccc1C(NC(=O)Cc1csc(-c2ccc(Cl)s2)n1)c1nccn1C. The number of carbonyl (C=O) groups excluding carboxylic acids is 1. The molecule has 4 aromatic rings. The van der Waals surface area contributed by atoms with E-state index in [2.05, 4.69) is 15.3 Å². The van der Waals surface area contributed by atoms with Crippen molar-refractivity contribution in [3.05, 3.63) is 75.6 Å². The molecule has 3 aromatic heterocycles. The number of halogens is 1. The monoisotopic (exact) mass is 458 g/mol. The van der Waals surface area contributed by atoms with E-state index in [1.165, 1.54) is 22.7 Å². The lowest BCUT2D eigenvalue weighted by Crippen LogP contribution is -2.32. The average molecular weight is 459 g/mol. The maximum atomic E-state index is 12.9. The Balaban J connectivity index is 1.55. The number of para-hydroxylation sites is 1. The number of hydrogen-bond acceptors (Lipinski definition) is 6. The predicted molar refractivity (Wildman–Crippen MR) is 120 cm³/mol. The molecule has 0 aliphatic rings. The van der Waals surface area contributed by atoms with Crippen molar-refractivity contribution in [2.24, 2.45) is 7.05 Å². The summed E-state index contributed by atoms with van der Waals surface area (Å²) in [6.45, 7) is 0. The second-order valence-corrected chi connectivity index (χ2v) is 9.14. The van der Waals surface area contributed by atoms with Crippen LogP contribution in [0, 0.1) is 0 Å². The molecule has 1 atom stereocenters. The van der Waals surface area contributed by atoms with Crippen LogP contribution in [0.15, 0.2) is 54.2 Å². The van der Waals surface area contributed by atoms with Gasteiger partial charge >= 0.3 is 0 Å². The van der Waals surface area contributed by atoms with E-state index in [0.717, 1.165) is 27.0 Å². The van der Waals surface area contributed by atoms with Gasteiger partial charge < -0.3 is 14.6 Å². The van der Waals surface area contributed by atoms with Crippen molar-refractivity contribution < 1.29 is 9.53 Å². The molecular weight excluding hydrogens is 440 g/mol. The Morgan fingerprint density at radius 3 is 2.83 bits per heavy atom. The van der Waals surface area contributed by atoms with Crippen molar-refractivity contribution in [2.75, 3.05) is 7.11 Å². The van der Waals surface area contributed by atoms with Crippen LogP contribution in [0.4, 0.5) is 0 Å². The Morgan fingerprint density at radius 1 is 1.30 bits per heavy atom. The van der Waals surface area contributed by atoms with Crippen molar-refractivity contribution >= 4 is 40.2 Å². The maximum Gasteiger partial charge on any atom is 0.226 e. The van der Waals surface area contributed by atoms with E-state index in [0.29, 0.717) is 10.1 Å². The Morgan fingerprint density at radius 2 is 2.13 bits per heavy atom. The second kappa shape index (κ2) is 8.99. The Kier molecular flexibility index (Phi) is 6.17. The molecule has 0 saturated carbocycles. The van der Waals surface area contributed by atoms with Crippen LogP contribution in [0.1, 0.15) is 23.1 Å². The zero-order valence-corrected chi connectivity index (χ0v) is 18.7. The van der Waals surface area contributed by atoms with Crippen molar-refractivity contribution in [3.8, 4) is 15.6 Å². The lowest BCUT2D eigenvalue weighted by Gasteiger charge is -2.21. The number of imidazole rings is 1. The smallest absolute Gasteiger partial charge is 0.226 e. The first-order valence-corrected chi connectivity index (χ1v) is 11.2. The number of benzene rings is 1. The topological polar surface area (TPSA) is 69.0 Å². The summed E-state index contributed by atoms with van der Waals surface area (Å²) >= 11 is 8.99. The van der Waals surface area contributed by atoms with Crippen LogP contribution in [-0.2, 0) is 18.3 Å². The Labute approximate surface area is 187 Å². The molecule has 1 unspecified atom stereocenters. The van der Waals surface area contributed by atoms with E-state index in [1.807, 2.05) is 59.6 Å². The first-order valence-electron chi connectivity index (χ1n) is 9.14. The third-order valence-corrected chi connectivity index (χ3v) is 6.84. The molecule has 0 spiro atoms. The van der Waals surface area contributed by atoms with E-state index < -0.39 is 6.04 Å². The fourth-order valence-corrected chi connectivity index (χ4v) is 5.08. The van der Waals surface area contributed by atoms with Gasteiger partial charge in [0.25, 0.3) is 0 Å². The van der Waals surface area contributed by atoms with Crippen molar-refractivity contribution in [3.63, 3.8) is 0 Å². The van der Waals surface area contributed by atoms with Gasteiger partial charge in [-0.1, -0.05) is 29.8 Å². The third kappa shape index (κ3) is 4.40. The highest BCUT2D eigenvalue weighted by Gasteiger charge is 2.24. The molecule has 0 fully saturated rings. The first kappa shape index (κ1) is 20.6. The molecule has 1 aromatic carbocycles. The Bertz CT molecular complexity index is 1170. The van der Waals surface area contributed by atoms with Gasteiger partial charge in [0.2, 0.25) is 5.91 Å². The van der Waals surface area contributed by atoms with E-state index in [4.69, 9.17) is 16.3 Å². The molecule has 6 nitrogen and oxygen atoms in total. The second-order valence-electron chi connectivity index (χ2n) is 6.56. The summed E-state index contributed by atoms with van der Waals surface area (Å²) in [4.78, 5) is 22.9. The third-order valence-electron chi connectivity index (χ3n) is 4.55. The van der Waals surface area contributed by atoms with Gasteiger partial charge in [-0.15, -0.1) is 22.7 Å². The minimum Gasteiger partial charge on any atom is -0.496 e. The lowest BCUT2D eigenvalue weighted by molar-refractivity contribution is -0.121. The van der Waals surface area contributed by atoms with Crippen LogP contribution in [0.2, 0.25) is 4.34 Å². The van der Waals surface area contributed by atoms with Crippen LogP contribution in [-0.4, -0.2) is 27.6 Å². The molecule has 9 heteroatoms. The number of thiazole rings is 1. The van der Waals surface area contributed by atoms with E-state index >= 15 is 0 Å². The first-order chi connectivity index (χ1) is 14.5. The lowest BCUT2D eigenvalue weighted by atomic mass is 10.0. The van der Waals surface area contributed by atoms with E-state index in [-0.39, 0.29) is 12.3 Å². The molecule has 30 heavy (non-hydrogen) atoms. The number of aromatic nitrogens is 3. The summed E-state index contributed by atoms with van der Waals surface area (Å²) in [5.41, 5.74) is 1.56. The van der Waals surface area contributed by atoms with Gasteiger partial charge in [-0.2, -0.15) is 0 Å². The highest BCUT2D eigenvalue weighted by Crippen LogP contribution is 2.33. The number of amides is 1. The van der Waals surface area contributed by atoms with Crippen molar-refractivity contribution in [1.29, 1.82) is 0 Å². The van der Waals surface area contributed by atoms with Gasteiger partial charge in [-0.3, -0.25) is 4.79 Å². The molecule has 3 heterocycles. The highest BCUT2D eigenvalue weighted by atomic mass is 35.5. The van der Waals surface area contributed by atoms with Gasteiger partial charge in [0.1, 0.15) is 22.6 Å². The normalized spacial score (nSPS) is 12.0. The standard InChI is InChI=1S/C21H19ClN4O2S2/c1-26-10-9-23-20(26)19(14-5-3-4-6-15(14)28-2)25-18(27)11-13-12-29-21(24-13)16-7-8-17(22)30-16/h3-10,12,19H,11H2,1-2H3,(H,25,27). The van der Waals surface area contributed by atoms with E-state index in [1.54, 1.807) is 13.3 Å². The minimum atomic E-state index is -0.442. The molecule has 0 bridgehead atoms. The number of thiophene rings is 1. The van der Waals surface area contributed by atoms with Crippen LogP contribution >= 0.6 is 34.3 Å². The summed E-state index contributed by atoms with van der Waals surface area (Å²) in [6.07, 6.45) is 3.73. The molecule has 0 aliphatic carbocycles. The van der Waals surface area contributed by atoms with Gasteiger partial charge in [0.05, 0.1) is 28.4 Å². The van der Waals surface area contributed by atoms with E-state index in [9.17, 15) is 4.79 Å².